The van der Waals surface area contributed by atoms with Crippen molar-refractivity contribution in [1.82, 2.24) is 0 Å². The Morgan fingerprint density at radius 3 is 2.95 bits per heavy atom. The van der Waals surface area contributed by atoms with Gasteiger partial charge in [-0.1, -0.05) is 13.0 Å². The molecule has 0 radical (unpaired) electrons. The molecule has 1 heterocycles. The summed E-state index contributed by atoms with van der Waals surface area (Å²) in [4.78, 5) is 12.8. The van der Waals surface area contributed by atoms with Crippen LogP contribution < -0.4 is 10.6 Å². The fourth-order valence-corrected chi connectivity index (χ4v) is 2.74. The third kappa shape index (κ3) is 2.58. The molecule has 1 aliphatic heterocycles. The van der Waals surface area contributed by atoms with Crippen molar-refractivity contribution in [3.8, 4) is 6.07 Å². The summed E-state index contributed by atoms with van der Waals surface area (Å²) in [6.07, 6.45) is 0.954. The molecule has 0 bridgehead atoms. The highest BCUT2D eigenvalue weighted by Crippen LogP contribution is 2.35. The van der Waals surface area contributed by atoms with Crippen molar-refractivity contribution in [1.29, 1.82) is 5.26 Å². The number of hydrogen-bond acceptors (Lipinski definition) is 5. The topological polar surface area (TPSA) is 96.2 Å². The van der Waals surface area contributed by atoms with Crippen LogP contribution in [0.2, 0.25) is 0 Å². The smallest absolute Gasteiger partial charge is 0.310 e. The van der Waals surface area contributed by atoms with Crippen LogP contribution in [0.15, 0.2) is 18.2 Å². The minimum absolute atomic E-state index is 0.0969. The van der Waals surface area contributed by atoms with Crippen molar-refractivity contribution in [3.05, 3.63) is 33.9 Å². The van der Waals surface area contributed by atoms with E-state index < -0.39 is 4.92 Å². The van der Waals surface area contributed by atoms with Crippen LogP contribution in [0.25, 0.3) is 0 Å². The zero-order valence-electron chi connectivity index (χ0n) is 11.5. The Bertz CT molecular complexity index is 553. The maximum Gasteiger partial charge on any atom is 0.310 e. The summed E-state index contributed by atoms with van der Waals surface area (Å²) in [5.74, 6) is 0.851. The summed E-state index contributed by atoms with van der Waals surface area (Å²) in [6, 6.07) is 6.78. The Hall–Kier alpha value is -2.13. The van der Waals surface area contributed by atoms with E-state index in [0.717, 1.165) is 13.0 Å². The minimum Gasteiger partial charge on any atom is -0.366 e. The summed E-state index contributed by atoms with van der Waals surface area (Å²) in [6.45, 7) is 4.19. The summed E-state index contributed by atoms with van der Waals surface area (Å²) in [5.41, 5.74) is 6.31. The van der Waals surface area contributed by atoms with E-state index in [4.69, 9.17) is 11.0 Å². The normalized spacial score (nSPS) is 22.4. The SMILES string of the molecule is CC1CCN(c2cccc(C#N)c2[N+](=O)[O-])CC1CN. The first kappa shape index (κ1) is 14.3. The molecule has 6 nitrogen and oxygen atoms in total. The molecule has 0 amide bonds. The number of para-hydroxylation sites is 1. The molecule has 0 aromatic heterocycles. The van der Waals surface area contributed by atoms with E-state index in [2.05, 4.69) is 6.92 Å². The molecule has 1 saturated heterocycles. The van der Waals surface area contributed by atoms with Crippen LogP contribution in [0.5, 0.6) is 0 Å². The van der Waals surface area contributed by atoms with Gasteiger partial charge in [0.15, 0.2) is 0 Å². The van der Waals surface area contributed by atoms with E-state index >= 15 is 0 Å². The van der Waals surface area contributed by atoms with E-state index in [9.17, 15) is 10.1 Å². The summed E-state index contributed by atoms with van der Waals surface area (Å²) >= 11 is 0. The van der Waals surface area contributed by atoms with Gasteiger partial charge >= 0.3 is 5.69 Å². The second-order valence-corrected chi connectivity index (χ2v) is 5.25. The highest BCUT2D eigenvalue weighted by molar-refractivity contribution is 5.70. The van der Waals surface area contributed by atoms with E-state index in [1.807, 2.05) is 11.0 Å². The van der Waals surface area contributed by atoms with Gasteiger partial charge in [-0.3, -0.25) is 10.1 Å². The van der Waals surface area contributed by atoms with E-state index in [1.165, 1.54) is 6.07 Å². The number of nitro groups is 1. The molecular formula is C14H18N4O2. The Balaban J connectivity index is 2.38. The largest absolute Gasteiger partial charge is 0.366 e. The number of benzene rings is 1. The van der Waals surface area contributed by atoms with Crippen molar-refractivity contribution in [2.75, 3.05) is 24.5 Å². The van der Waals surface area contributed by atoms with Gasteiger partial charge in [0, 0.05) is 13.1 Å². The third-order valence-corrected chi connectivity index (χ3v) is 4.08. The second-order valence-electron chi connectivity index (χ2n) is 5.25. The van der Waals surface area contributed by atoms with E-state index in [-0.39, 0.29) is 11.3 Å². The second kappa shape index (κ2) is 5.88. The fourth-order valence-electron chi connectivity index (χ4n) is 2.74. The van der Waals surface area contributed by atoms with Crippen LogP contribution in [0.3, 0.4) is 0 Å². The molecule has 1 aliphatic rings. The summed E-state index contributed by atoms with van der Waals surface area (Å²) in [5, 5.41) is 20.3. The van der Waals surface area contributed by atoms with Gasteiger partial charge in [-0.25, -0.2) is 0 Å². The average molecular weight is 274 g/mol. The Labute approximate surface area is 117 Å². The number of piperidine rings is 1. The molecule has 2 rings (SSSR count). The Morgan fingerprint density at radius 1 is 1.60 bits per heavy atom. The number of nitrogens with two attached hydrogens (primary N) is 1. The zero-order chi connectivity index (χ0) is 14.7. The quantitative estimate of drug-likeness (QED) is 0.670. The van der Waals surface area contributed by atoms with Crippen molar-refractivity contribution >= 4 is 11.4 Å². The maximum atomic E-state index is 11.3. The van der Waals surface area contributed by atoms with Crippen LogP contribution >= 0.6 is 0 Å². The van der Waals surface area contributed by atoms with Crippen molar-refractivity contribution in [2.45, 2.75) is 13.3 Å². The maximum absolute atomic E-state index is 11.3. The molecule has 2 unspecified atom stereocenters. The average Bonchev–Trinajstić information content (AvgIpc) is 2.46. The summed E-state index contributed by atoms with van der Waals surface area (Å²) in [7, 11) is 0. The highest BCUT2D eigenvalue weighted by atomic mass is 16.6. The number of anilines is 1. The Morgan fingerprint density at radius 2 is 2.35 bits per heavy atom. The van der Waals surface area contributed by atoms with Crippen molar-refractivity contribution in [3.63, 3.8) is 0 Å². The number of nitriles is 1. The van der Waals surface area contributed by atoms with Gasteiger partial charge in [-0.2, -0.15) is 5.26 Å². The number of rotatable bonds is 3. The van der Waals surface area contributed by atoms with Crippen LogP contribution in [-0.4, -0.2) is 24.6 Å². The molecule has 2 N–H and O–H groups in total. The molecular weight excluding hydrogens is 256 g/mol. The molecule has 1 fully saturated rings. The van der Waals surface area contributed by atoms with Crippen LogP contribution in [-0.2, 0) is 0 Å². The van der Waals surface area contributed by atoms with E-state index in [1.54, 1.807) is 12.1 Å². The van der Waals surface area contributed by atoms with Gasteiger partial charge in [0.2, 0.25) is 0 Å². The molecule has 2 atom stereocenters. The highest BCUT2D eigenvalue weighted by Gasteiger charge is 2.30. The van der Waals surface area contributed by atoms with Crippen molar-refractivity contribution in [2.24, 2.45) is 17.6 Å². The lowest BCUT2D eigenvalue weighted by Gasteiger charge is -2.37. The molecule has 20 heavy (non-hydrogen) atoms. The molecule has 0 aliphatic carbocycles. The lowest BCUT2D eigenvalue weighted by atomic mass is 9.87. The summed E-state index contributed by atoms with van der Waals surface area (Å²) < 4.78 is 0. The first-order chi connectivity index (χ1) is 9.58. The van der Waals surface area contributed by atoms with Gasteiger partial charge in [0.05, 0.1) is 4.92 Å². The molecule has 1 aromatic rings. The third-order valence-electron chi connectivity index (χ3n) is 4.08. The predicted octanol–water partition coefficient (Wildman–Crippen LogP) is 1.89. The van der Waals surface area contributed by atoms with Crippen LogP contribution in [0.4, 0.5) is 11.4 Å². The lowest BCUT2D eigenvalue weighted by Crippen LogP contribution is -2.42. The molecule has 1 aromatic carbocycles. The molecule has 0 spiro atoms. The van der Waals surface area contributed by atoms with E-state index in [0.29, 0.717) is 30.6 Å². The lowest BCUT2D eigenvalue weighted by molar-refractivity contribution is -0.384. The van der Waals surface area contributed by atoms with Gasteiger partial charge in [0.1, 0.15) is 17.3 Å². The number of nitro benzene ring substituents is 1. The predicted molar refractivity (Wildman–Crippen MR) is 76.3 cm³/mol. The zero-order valence-corrected chi connectivity index (χ0v) is 11.5. The van der Waals surface area contributed by atoms with Gasteiger partial charge in [0.25, 0.3) is 0 Å². The van der Waals surface area contributed by atoms with Gasteiger partial charge < -0.3 is 10.6 Å². The number of nitrogens with zero attached hydrogens (tertiary/aromatic N) is 3. The Kier molecular flexibility index (Phi) is 4.20. The van der Waals surface area contributed by atoms with Crippen LogP contribution in [0.1, 0.15) is 18.9 Å². The fraction of sp³-hybridized carbons (Fsp3) is 0.500. The van der Waals surface area contributed by atoms with Crippen molar-refractivity contribution < 1.29 is 4.92 Å². The number of hydrogen-bond donors (Lipinski definition) is 1. The molecule has 106 valence electrons. The molecule has 0 saturated carbocycles. The first-order valence-corrected chi connectivity index (χ1v) is 6.71. The standard InChI is InChI=1S/C14H18N4O2/c1-10-5-6-17(9-12(10)8-16)13-4-2-3-11(7-15)14(13)18(19)20/h2-4,10,12H,5-6,8-9,16H2,1H3. The first-order valence-electron chi connectivity index (χ1n) is 6.71. The van der Waals surface area contributed by atoms with Gasteiger partial charge in [-0.15, -0.1) is 0 Å². The molecule has 6 heteroatoms. The van der Waals surface area contributed by atoms with Gasteiger partial charge in [-0.05, 0) is 36.9 Å². The van der Waals surface area contributed by atoms with Crippen LogP contribution in [0, 0.1) is 33.3 Å². The monoisotopic (exact) mass is 274 g/mol. The minimum atomic E-state index is -0.469.